The molecule has 0 saturated heterocycles. The van der Waals surface area contributed by atoms with Gasteiger partial charge < -0.3 is 14.2 Å². The highest BCUT2D eigenvalue weighted by Gasteiger charge is 2.19. The first-order valence-corrected chi connectivity index (χ1v) is 21.7. The van der Waals surface area contributed by atoms with Crippen molar-refractivity contribution in [2.45, 2.75) is 12.8 Å². The van der Waals surface area contributed by atoms with Gasteiger partial charge in [-0.15, -0.1) is 0 Å². The standard InChI is InChI=1S/C60H44N2O/c1-5-13-43(14-6-1)47-21-29-51(30-22-47)61(52-31-23-48(24-32-52)44-15-7-2-8-16-44)55-37-39-59-57(41-55)58-42-56(38-40-60(58)63-59)62(53-33-25-49(26-34-53)45-17-9-3-10-18-45)54-35-27-50(28-36-54)46-19-11-4-12-20-46/h1-11,13-19,21-42H,12,20H2. The zero-order valence-corrected chi connectivity index (χ0v) is 34.8. The number of nitrogens with zero attached hydrogens (tertiary/aromatic N) is 2. The van der Waals surface area contributed by atoms with Gasteiger partial charge in [-0.3, -0.25) is 0 Å². The number of rotatable bonds is 10. The molecule has 1 aliphatic carbocycles. The second-order valence-corrected chi connectivity index (χ2v) is 16.1. The second-order valence-electron chi connectivity index (χ2n) is 16.1. The SMILES string of the molecule is C1=CCCC(c2ccc(N(c3ccc(-c4ccccc4)cc3)c3ccc4oc5ccc(N(c6ccc(-c7ccccc7)cc6)c6ccc(-c7ccccc7)cc6)cc5c4c3)cc2)=C1. The van der Waals surface area contributed by atoms with E-state index in [1.54, 1.807) is 0 Å². The van der Waals surface area contributed by atoms with Crippen LogP contribution in [0.25, 0.3) is 60.9 Å². The molecule has 9 aromatic carbocycles. The zero-order valence-electron chi connectivity index (χ0n) is 34.8. The molecule has 3 nitrogen and oxygen atoms in total. The third-order valence-corrected chi connectivity index (χ3v) is 12.2. The monoisotopic (exact) mass is 808 g/mol. The molecule has 10 aromatic rings. The molecule has 11 rings (SSSR count). The van der Waals surface area contributed by atoms with E-state index in [0.717, 1.165) is 68.9 Å². The summed E-state index contributed by atoms with van der Waals surface area (Å²) in [6.45, 7) is 0. The lowest BCUT2D eigenvalue weighted by Gasteiger charge is -2.26. The smallest absolute Gasteiger partial charge is 0.135 e. The van der Waals surface area contributed by atoms with Crippen LogP contribution in [0.2, 0.25) is 0 Å². The number of fused-ring (bicyclic) bond motifs is 3. The minimum atomic E-state index is 0.850. The van der Waals surface area contributed by atoms with Crippen molar-refractivity contribution in [3.8, 4) is 33.4 Å². The topological polar surface area (TPSA) is 19.6 Å². The third kappa shape index (κ3) is 7.62. The van der Waals surface area contributed by atoms with Crippen molar-refractivity contribution in [3.63, 3.8) is 0 Å². The van der Waals surface area contributed by atoms with Gasteiger partial charge in [-0.2, -0.15) is 0 Å². The first-order valence-electron chi connectivity index (χ1n) is 21.7. The summed E-state index contributed by atoms with van der Waals surface area (Å²) in [5.74, 6) is 0. The number of hydrogen-bond acceptors (Lipinski definition) is 3. The number of benzene rings is 9. The Morgan fingerprint density at radius 3 is 1.00 bits per heavy atom. The van der Waals surface area contributed by atoms with E-state index in [9.17, 15) is 0 Å². The molecule has 0 saturated carbocycles. The fourth-order valence-corrected chi connectivity index (χ4v) is 8.89. The van der Waals surface area contributed by atoms with Crippen LogP contribution in [0.5, 0.6) is 0 Å². The van der Waals surface area contributed by atoms with Gasteiger partial charge in [-0.1, -0.05) is 158 Å². The molecular weight excluding hydrogens is 765 g/mol. The number of furan rings is 1. The van der Waals surface area contributed by atoms with E-state index in [2.05, 4.69) is 252 Å². The van der Waals surface area contributed by atoms with Crippen molar-refractivity contribution >= 4 is 61.6 Å². The van der Waals surface area contributed by atoms with Gasteiger partial charge >= 0.3 is 0 Å². The molecule has 63 heavy (non-hydrogen) atoms. The van der Waals surface area contributed by atoms with Gasteiger partial charge in [-0.05, 0) is 142 Å². The van der Waals surface area contributed by atoms with E-state index < -0.39 is 0 Å². The third-order valence-electron chi connectivity index (χ3n) is 12.2. The van der Waals surface area contributed by atoms with E-state index in [1.807, 2.05) is 0 Å². The lowest BCUT2D eigenvalue weighted by Crippen LogP contribution is -2.10. The van der Waals surface area contributed by atoms with E-state index >= 15 is 0 Å². The van der Waals surface area contributed by atoms with E-state index in [4.69, 9.17) is 4.42 Å². The molecule has 0 bridgehead atoms. The minimum absolute atomic E-state index is 0.850. The summed E-state index contributed by atoms with van der Waals surface area (Å²) in [6.07, 6.45) is 8.79. The summed E-state index contributed by atoms with van der Waals surface area (Å²) in [5.41, 5.74) is 17.9. The minimum Gasteiger partial charge on any atom is -0.456 e. The van der Waals surface area contributed by atoms with Gasteiger partial charge in [0.2, 0.25) is 0 Å². The normalized spacial score (nSPS) is 12.3. The summed E-state index contributed by atoms with van der Waals surface area (Å²) in [5, 5.41) is 2.12. The maximum atomic E-state index is 6.57. The van der Waals surface area contributed by atoms with Crippen molar-refractivity contribution in [3.05, 3.63) is 248 Å². The van der Waals surface area contributed by atoms with E-state index in [0.29, 0.717) is 0 Å². The fraction of sp³-hybridized carbons (Fsp3) is 0.0333. The van der Waals surface area contributed by atoms with Crippen LogP contribution in [0, 0.1) is 0 Å². The Morgan fingerprint density at radius 1 is 0.317 bits per heavy atom. The zero-order chi connectivity index (χ0) is 42.0. The Morgan fingerprint density at radius 2 is 0.651 bits per heavy atom. The number of anilines is 6. The van der Waals surface area contributed by atoms with Crippen molar-refractivity contribution in [1.29, 1.82) is 0 Å². The van der Waals surface area contributed by atoms with Crippen LogP contribution in [0.3, 0.4) is 0 Å². The molecule has 1 heterocycles. The quantitative estimate of drug-likeness (QED) is 0.137. The first-order chi connectivity index (χ1) is 31.2. The highest BCUT2D eigenvalue weighted by molar-refractivity contribution is 6.08. The predicted octanol–water partition coefficient (Wildman–Crippen LogP) is 17.3. The summed E-state index contributed by atoms with van der Waals surface area (Å²) in [7, 11) is 0. The lowest BCUT2D eigenvalue weighted by atomic mass is 9.97. The van der Waals surface area contributed by atoms with Crippen molar-refractivity contribution in [2.24, 2.45) is 0 Å². The Hall–Kier alpha value is -8.14. The highest BCUT2D eigenvalue weighted by Crippen LogP contribution is 2.43. The molecule has 0 N–H and O–H groups in total. The van der Waals surface area contributed by atoms with Crippen molar-refractivity contribution in [1.82, 2.24) is 0 Å². The molecule has 0 fully saturated rings. The average molecular weight is 809 g/mol. The molecule has 0 atom stereocenters. The lowest BCUT2D eigenvalue weighted by molar-refractivity contribution is 0.669. The van der Waals surface area contributed by atoms with Crippen LogP contribution in [0.1, 0.15) is 18.4 Å². The molecule has 0 radical (unpaired) electrons. The Kier molecular flexibility index (Phi) is 10.0. The number of hydrogen-bond donors (Lipinski definition) is 0. The molecule has 0 spiro atoms. The molecular formula is C60H44N2O. The Balaban J connectivity index is 1.02. The molecule has 1 aromatic heterocycles. The van der Waals surface area contributed by atoms with Gasteiger partial charge in [0.05, 0.1) is 0 Å². The van der Waals surface area contributed by atoms with Crippen LogP contribution in [0.4, 0.5) is 34.1 Å². The van der Waals surface area contributed by atoms with Gasteiger partial charge in [0.15, 0.2) is 0 Å². The maximum absolute atomic E-state index is 6.57. The van der Waals surface area contributed by atoms with Crippen LogP contribution >= 0.6 is 0 Å². The van der Waals surface area contributed by atoms with Gasteiger partial charge in [0, 0.05) is 44.9 Å². The van der Waals surface area contributed by atoms with Crippen molar-refractivity contribution in [2.75, 3.05) is 9.80 Å². The predicted molar refractivity (Wildman–Crippen MR) is 266 cm³/mol. The first kappa shape index (κ1) is 37.8. The van der Waals surface area contributed by atoms with E-state index in [-0.39, 0.29) is 0 Å². The second kappa shape index (κ2) is 16.7. The largest absolute Gasteiger partial charge is 0.456 e. The van der Waals surface area contributed by atoms with Gasteiger partial charge in [-0.25, -0.2) is 0 Å². The van der Waals surface area contributed by atoms with E-state index in [1.165, 1.54) is 44.5 Å². The molecule has 0 unspecified atom stereocenters. The molecule has 300 valence electrons. The summed E-state index contributed by atoms with van der Waals surface area (Å²) >= 11 is 0. The Labute approximate surface area is 368 Å². The molecule has 0 aliphatic heterocycles. The maximum Gasteiger partial charge on any atom is 0.135 e. The summed E-state index contributed by atoms with van der Waals surface area (Å²) in [6, 6.07) is 80.4. The molecule has 1 aliphatic rings. The van der Waals surface area contributed by atoms with Crippen LogP contribution in [-0.4, -0.2) is 0 Å². The molecule has 3 heteroatoms. The van der Waals surface area contributed by atoms with Crippen molar-refractivity contribution < 1.29 is 4.42 Å². The Bertz CT molecular complexity index is 3140. The highest BCUT2D eigenvalue weighted by atomic mass is 16.3. The van der Waals surface area contributed by atoms with Gasteiger partial charge in [0.25, 0.3) is 0 Å². The fourth-order valence-electron chi connectivity index (χ4n) is 8.89. The summed E-state index contributed by atoms with van der Waals surface area (Å²) in [4.78, 5) is 4.69. The summed E-state index contributed by atoms with van der Waals surface area (Å²) < 4.78 is 6.57. The average Bonchev–Trinajstić information content (AvgIpc) is 3.73. The van der Waals surface area contributed by atoms with Crippen LogP contribution in [0.15, 0.2) is 247 Å². The van der Waals surface area contributed by atoms with Gasteiger partial charge in [0.1, 0.15) is 11.2 Å². The van der Waals surface area contributed by atoms with Crippen LogP contribution in [-0.2, 0) is 0 Å². The molecule has 0 amide bonds. The van der Waals surface area contributed by atoms with Crippen LogP contribution < -0.4 is 9.80 Å². The number of allylic oxidation sites excluding steroid dienone is 4.